The van der Waals surface area contributed by atoms with Gasteiger partial charge in [-0.2, -0.15) is 0 Å². The van der Waals surface area contributed by atoms with Crippen LogP contribution >= 0.6 is 0 Å². The lowest BCUT2D eigenvalue weighted by molar-refractivity contribution is -0.131. The number of benzene rings is 2. The highest BCUT2D eigenvalue weighted by atomic mass is 16.5. The smallest absolute Gasteiger partial charge is 0.308 e. The zero-order valence-corrected chi connectivity index (χ0v) is 13.0. The fourth-order valence-electron chi connectivity index (χ4n) is 1.90. The first-order valence-corrected chi connectivity index (χ1v) is 7.34. The highest BCUT2D eigenvalue weighted by molar-refractivity contribution is 5.69. The number of ether oxygens (including phenoxy) is 3. The number of rotatable bonds is 8. The number of aliphatic hydroxyl groups is 1. The summed E-state index contributed by atoms with van der Waals surface area (Å²) in [5.41, 5.74) is 1.06. The molecule has 1 atom stereocenters. The Labute approximate surface area is 135 Å². The quantitative estimate of drug-likeness (QED) is 0.599. The van der Waals surface area contributed by atoms with Gasteiger partial charge in [-0.25, -0.2) is 0 Å². The Hall–Kier alpha value is -2.37. The molecular weight excluding hydrogens is 296 g/mol. The first kappa shape index (κ1) is 17.0. The van der Waals surface area contributed by atoms with E-state index in [9.17, 15) is 9.90 Å². The van der Waals surface area contributed by atoms with Crippen molar-refractivity contribution in [2.24, 2.45) is 0 Å². The third-order valence-electron chi connectivity index (χ3n) is 2.95. The minimum Gasteiger partial charge on any atom is -0.491 e. The Bertz CT molecular complexity index is 595. The molecule has 5 heteroatoms. The molecule has 2 aromatic rings. The first-order valence-electron chi connectivity index (χ1n) is 7.34. The van der Waals surface area contributed by atoms with E-state index in [2.05, 4.69) is 0 Å². The van der Waals surface area contributed by atoms with Gasteiger partial charge in [-0.15, -0.1) is 0 Å². The lowest BCUT2D eigenvalue weighted by Gasteiger charge is -2.13. The molecule has 5 nitrogen and oxygen atoms in total. The molecule has 0 aromatic heterocycles. The van der Waals surface area contributed by atoms with Gasteiger partial charge in [0.2, 0.25) is 0 Å². The fourth-order valence-corrected chi connectivity index (χ4v) is 1.90. The largest absolute Gasteiger partial charge is 0.491 e. The first-order chi connectivity index (χ1) is 11.1. The summed E-state index contributed by atoms with van der Waals surface area (Å²) in [5, 5.41) is 9.84. The van der Waals surface area contributed by atoms with Crippen LogP contribution in [0, 0.1) is 0 Å². The van der Waals surface area contributed by atoms with Crippen molar-refractivity contribution in [2.45, 2.75) is 19.6 Å². The molecule has 0 radical (unpaired) electrons. The lowest BCUT2D eigenvalue weighted by atomic mass is 10.2. The molecule has 1 N–H and O–H groups in total. The number of esters is 1. The average molecular weight is 316 g/mol. The average Bonchev–Trinajstić information content (AvgIpc) is 2.55. The second-order valence-electron chi connectivity index (χ2n) is 5.03. The summed E-state index contributed by atoms with van der Waals surface area (Å²) in [6.45, 7) is 2.12. The van der Waals surface area contributed by atoms with Crippen LogP contribution in [0.25, 0.3) is 0 Å². The van der Waals surface area contributed by atoms with Gasteiger partial charge in [-0.1, -0.05) is 30.3 Å². The standard InChI is InChI=1S/C18H20O5/c1-14(19)23-18-9-7-17(8-10-18)22-13-16(20)12-21-11-15-5-3-2-4-6-15/h2-10,16,20H,11-13H2,1H3. The molecule has 1 unspecified atom stereocenters. The van der Waals surface area contributed by atoms with Crippen molar-refractivity contribution in [1.82, 2.24) is 0 Å². The molecule has 0 aliphatic carbocycles. The molecule has 122 valence electrons. The van der Waals surface area contributed by atoms with Gasteiger partial charge < -0.3 is 19.3 Å². The maximum absolute atomic E-state index is 10.8. The van der Waals surface area contributed by atoms with E-state index in [0.717, 1.165) is 5.56 Å². The topological polar surface area (TPSA) is 65.0 Å². The van der Waals surface area contributed by atoms with Crippen molar-refractivity contribution in [1.29, 1.82) is 0 Å². The van der Waals surface area contributed by atoms with Crippen LogP contribution in [0.2, 0.25) is 0 Å². The summed E-state index contributed by atoms with van der Waals surface area (Å²) in [6.07, 6.45) is -0.716. The van der Waals surface area contributed by atoms with Crippen LogP contribution in [0.15, 0.2) is 54.6 Å². The molecule has 0 aliphatic rings. The predicted octanol–water partition coefficient (Wildman–Crippen LogP) is 2.57. The van der Waals surface area contributed by atoms with E-state index >= 15 is 0 Å². The van der Waals surface area contributed by atoms with Crippen molar-refractivity contribution < 1.29 is 24.1 Å². The van der Waals surface area contributed by atoms with Crippen LogP contribution in [0.3, 0.4) is 0 Å². The van der Waals surface area contributed by atoms with Gasteiger partial charge in [0.05, 0.1) is 13.2 Å². The molecule has 0 aliphatic heterocycles. The third kappa shape index (κ3) is 6.50. The predicted molar refractivity (Wildman–Crippen MR) is 85.4 cm³/mol. The number of carbonyl (C=O) groups is 1. The fraction of sp³-hybridized carbons (Fsp3) is 0.278. The zero-order chi connectivity index (χ0) is 16.5. The summed E-state index contributed by atoms with van der Waals surface area (Å²) in [6, 6.07) is 16.4. The summed E-state index contributed by atoms with van der Waals surface area (Å²) in [4.78, 5) is 10.8. The molecule has 0 heterocycles. The van der Waals surface area contributed by atoms with Crippen molar-refractivity contribution in [3.05, 3.63) is 60.2 Å². The Morgan fingerprint density at radius 2 is 1.65 bits per heavy atom. The van der Waals surface area contributed by atoms with E-state index in [1.165, 1.54) is 6.92 Å². The Balaban J connectivity index is 1.67. The van der Waals surface area contributed by atoms with Crippen molar-refractivity contribution in [3.8, 4) is 11.5 Å². The minimum absolute atomic E-state index is 0.127. The maximum atomic E-state index is 10.8. The molecule has 0 bridgehead atoms. The number of carbonyl (C=O) groups excluding carboxylic acids is 1. The van der Waals surface area contributed by atoms with E-state index in [1.54, 1.807) is 24.3 Å². The zero-order valence-electron chi connectivity index (χ0n) is 13.0. The van der Waals surface area contributed by atoms with Crippen LogP contribution < -0.4 is 9.47 Å². The Kier molecular flexibility index (Phi) is 6.59. The molecular formula is C18H20O5. The molecule has 2 rings (SSSR count). The van der Waals surface area contributed by atoms with Crippen molar-refractivity contribution >= 4 is 5.97 Å². The van der Waals surface area contributed by atoms with Gasteiger partial charge in [0.15, 0.2) is 0 Å². The van der Waals surface area contributed by atoms with E-state index in [0.29, 0.717) is 18.1 Å². The van der Waals surface area contributed by atoms with E-state index in [4.69, 9.17) is 14.2 Å². The molecule has 0 amide bonds. The minimum atomic E-state index is -0.716. The van der Waals surface area contributed by atoms with Gasteiger partial charge in [-0.3, -0.25) is 4.79 Å². The molecule has 0 spiro atoms. The molecule has 0 fully saturated rings. The summed E-state index contributed by atoms with van der Waals surface area (Å²) >= 11 is 0. The van der Waals surface area contributed by atoms with E-state index in [-0.39, 0.29) is 19.2 Å². The third-order valence-corrected chi connectivity index (χ3v) is 2.95. The van der Waals surface area contributed by atoms with E-state index < -0.39 is 6.10 Å². The molecule has 0 saturated heterocycles. The monoisotopic (exact) mass is 316 g/mol. The van der Waals surface area contributed by atoms with E-state index in [1.807, 2.05) is 30.3 Å². The van der Waals surface area contributed by atoms with Crippen molar-refractivity contribution in [2.75, 3.05) is 13.2 Å². The highest BCUT2D eigenvalue weighted by Crippen LogP contribution is 2.17. The van der Waals surface area contributed by atoms with Crippen LogP contribution in [-0.4, -0.2) is 30.4 Å². The number of aliphatic hydroxyl groups excluding tert-OH is 1. The maximum Gasteiger partial charge on any atom is 0.308 e. The van der Waals surface area contributed by atoms with Gasteiger partial charge in [0, 0.05) is 6.92 Å². The number of hydrogen-bond donors (Lipinski definition) is 1. The van der Waals surface area contributed by atoms with Crippen LogP contribution in [-0.2, 0) is 16.1 Å². The van der Waals surface area contributed by atoms with Crippen LogP contribution in [0.1, 0.15) is 12.5 Å². The molecule has 23 heavy (non-hydrogen) atoms. The molecule has 0 saturated carbocycles. The lowest BCUT2D eigenvalue weighted by Crippen LogP contribution is -2.23. The van der Waals surface area contributed by atoms with Gasteiger partial charge in [0.1, 0.15) is 24.2 Å². The molecule has 2 aromatic carbocycles. The van der Waals surface area contributed by atoms with Crippen LogP contribution in [0.4, 0.5) is 0 Å². The van der Waals surface area contributed by atoms with Crippen LogP contribution in [0.5, 0.6) is 11.5 Å². The second kappa shape index (κ2) is 8.92. The van der Waals surface area contributed by atoms with Gasteiger partial charge >= 0.3 is 5.97 Å². The number of hydrogen-bond acceptors (Lipinski definition) is 5. The Morgan fingerprint density at radius 3 is 2.30 bits per heavy atom. The van der Waals surface area contributed by atoms with Gasteiger partial charge in [0.25, 0.3) is 0 Å². The second-order valence-corrected chi connectivity index (χ2v) is 5.03. The summed E-state index contributed by atoms with van der Waals surface area (Å²) < 4.78 is 15.8. The Morgan fingerprint density at radius 1 is 1.00 bits per heavy atom. The van der Waals surface area contributed by atoms with Gasteiger partial charge in [-0.05, 0) is 29.8 Å². The normalized spacial score (nSPS) is 11.7. The summed E-state index contributed by atoms with van der Waals surface area (Å²) in [7, 11) is 0. The SMILES string of the molecule is CC(=O)Oc1ccc(OCC(O)COCc2ccccc2)cc1. The summed E-state index contributed by atoms with van der Waals surface area (Å²) in [5.74, 6) is 0.671. The highest BCUT2D eigenvalue weighted by Gasteiger charge is 2.06. The van der Waals surface area contributed by atoms with Crippen molar-refractivity contribution in [3.63, 3.8) is 0 Å².